The fourth-order valence-corrected chi connectivity index (χ4v) is 9.36. The number of Topliss-reactive ketones (excluding diaryl/α,β-unsaturated/α-hetero) is 2. The Balaban J connectivity index is 1.22. The molecule has 0 unspecified atom stereocenters. The predicted molar refractivity (Wildman–Crippen MR) is 179 cm³/mol. The Labute approximate surface area is 268 Å². The molecular weight excluding hydrogens is 613 g/mol. The number of thiol groups is 2. The molecule has 0 N–H and O–H groups in total. The zero-order valence-corrected chi connectivity index (χ0v) is 28.9. The van der Waals surface area contributed by atoms with E-state index in [9.17, 15) is 9.59 Å². The van der Waals surface area contributed by atoms with Crippen LogP contribution in [0.1, 0.15) is 77.3 Å². The molecule has 0 fully saturated rings. The summed E-state index contributed by atoms with van der Waals surface area (Å²) < 4.78 is 5.83. The van der Waals surface area contributed by atoms with E-state index in [1.54, 1.807) is 0 Å². The molecule has 0 bridgehead atoms. The summed E-state index contributed by atoms with van der Waals surface area (Å²) in [6.07, 6.45) is 5.13. The van der Waals surface area contributed by atoms with Crippen molar-refractivity contribution in [2.45, 2.75) is 112 Å². The third-order valence-electron chi connectivity index (χ3n) is 7.92. The van der Waals surface area contributed by atoms with E-state index in [0.29, 0.717) is 25.7 Å². The highest BCUT2D eigenvalue weighted by molar-refractivity contribution is 8.00. The smallest absolute Gasteiger partial charge is 0.133 e. The number of aromatic nitrogens is 2. The lowest BCUT2D eigenvalue weighted by Gasteiger charge is -2.28. The van der Waals surface area contributed by atoms with Crippen LogP contribution in [-0.4, -0.2) is 32.2 Å². The summed E-state index contributed by atoms with van der Waals surface area (Å²) >= 11 is 24.6. The number of carbonyl (C=O) groups excluding carboxylic acids is 2. The van der Waals surface area contributed by atoms with Gasteiger partial charge in [0.25, 0.3) is 0 Å². The molecule has 2 aromatic heterocycles. The van der Waals surface area contributed by atoms with Crippen LogP contribution in [-0.2, 0) is 35.5 Å². The van der Waals surface area contributed by atoms with E-state index in [0.717, 1.165) is 69.6 Å². The van der Waals surface area contributed by atoms with Crippen molar-refractivity contribution in [1.82, 2.24) is 9.13 Å². The number of thioether (sulfide) groups is 2. The van der Waals surface area contributed by atoms with Gasteiger partial charge in [0.1, 0.15) is 20.8 Å². The second kappa shape index (κ2) is 13.4. The summed E-state index contributed by atoms with van der Waals surface area (Å²) in [5, 5.41) is 1.92. The number of nitrogens with zero attached hydrogens (tertiary/aromatic N) is 2. The van der Waals surface area contributed by atoms with Crippen molar-refractivity contribution in [2.75, 3.05) is 11.5 Å². The molecule has 40 heavy (non-hydrogen) atoms. The van der Waals surface area contributed by atoms with E-state index >= 15 is 0 Å². The van der Waals surface area contributed by atoms with Crippen LogP contribution in [0.25, 0.3) is 0 Å². The van der Waals surface area contributed by atoms with E-state index in [4.69, 9.17) is 49.7 Å². The summed E-state index contributed by atoms with van der Waals surface area (Å²) in [7, 11) is 0. The molecule has 0 aromatic carbocycles. The minimum atomic E-state index is -0.108. The Morgan fingerprint density at radius 1 is 0.750 bits per heavy atom. The van der Waals surface area contributed by atoms with Crippen LogP contribution in [0, 0.1) is 20.1 Å². The van der Waals surface area contributed by atoms with E-state index in [-0.39, 0.29) is 22.4 Å². The first-order valence-electron chi connectivity index (χ1n) is 14.0. The molecule has 0 spiro atoms. The Hall–Kier alpha value is -0.520. The van der Waals surface area contributed by atoms with Crippen molar-refractivity contribution >= 4 is 84.8 Å². The van der Waals surface area contributed by atoms with Crippen LogP contribution in [0.5, 0.6) is 0 Å². The Kier molecular flexibility index (Phi) is 10.9. The van der Waals surface area contributed by atoms with Gasteiger partial charge >= 0.3 is 0 Å². The van der Waals surface area contributed by atoms with E-state index in [1.165, 1.54) is 20.9 Å². The normalized spacial score (nSPS) is 14.8. The van der Waals surface area contributed by atoms with Crippen molar-refractivity contribution in [3.63, 3.8) is 0 Å². The van der Waals surface area contributed by atoms with E-state index < -0.39 is 0 Å². The minimum Gasteiger partial charge on any atom is -0.327 e. The highest BCUT2D eigenvalue weighted by Gasteiger charge is 2.26. The fraction of sp³-hybridized carbons (Fsp3) is 0.600. The largest absolute Gasteiger partial charge is 0.327 e. The molecule has 0 saturated heterocycles. The molecule has 0 amide bonds. The molecule has 0 radical (unpaired) electrons. The first-order valence-corrected chi connectivity index (χ1v) is 17.6. The Morgan fingerprint density at radius 2 is 1.12 bits per heavy atom. The molecule has 0 saturated carbocycles. The van der Waals surface area contributed by atoms with Gasteiger partial charge in [-0.25, -0.2) is 0 Å². The van der Waals surface area contributed by atoms with E-state index in [1.807, 2.05) is 23.5 Å². The standard InChI is InChI=1S/C30H40N2O2S6/c1-29(2,17-31-25(35)15-23-21(27(31)37)9-13-39-23)11-7-19(33)5-6-20(34)8-12-30(3,4)18-32-26(36)16-24-22(28(32)38)10-14-40-24/h15-16,37-38H,5-14,17-18H2,1-4H3. The minimum absolute atomic E-state index is 0.108. The van der Waals surface area contributed by atoms with Crippen LogP contribution in [0.2, 0.25) is 0 Å². The van der Waals surface area contributed by atoms with Gasteiger partial charge in [-0.1, -0.05) is 52.1 Å². The SMILES string of the molecule is CC(C)(CCC(=O)CCC(=O)CCC(C)(C)Cn1c(S)c2c(cc1=S)SCC2)Cn1c(S)c2c(cc1=S)SCC2. The molecule has 4 heterocycles. The van der Waals surface area contributed by atoms with Gasteiger partial charge in [0, 0.05) is 60.1 Å². The maximum absolute atomic E-state index is 12.7. The fourth-order valence-electron chi connectivity index (χ4n) is 5.37. The van der Waals surface area contributed by atoms with Crippen LogP contribution in [0.15, 0.2) is 32.0 Å². The average molecular weight is 653 g/mol. The zero-order chi connectivity index (χ0) is 29.2. The third kappa shape index (κ3) is 8.10. The van der Waals surface area contributed by atoms with Gasteiger partial charge in [0.05, 0.1) is 10.1 Å². The zero-order valence-electron chi connectivity index (χ0n) is 23.9. The van der Waals surface area contributed by atoms with Gasteiger partial charge in [-0.05, 0) is 59.8 Å². The Morgan fingerprint density at radius 3 is 1.50 bits per heavy atom. The van der Waals surface area contributed by atoms with Crippen molar-refractivity contribution in [3.05, 3.63) is 32.5 Å². The summed E-state index contributed by atoms with van der Waals surface area (Å²) in [6, 6.07) is 4.18. The number of fused-ring (bicyclic) bond motifs is 2. The van der Waals surface area contributed by atoms with Crippen LogP contribution in [0.3, 0.4) is 0 Å². The average Bonchev–Trinajstić information content (AvgIpc) is 3.55. The van der Waals surface area contributed by atoms with Crippen molar-refractivity contribution in [1.29, 1.82) is 0 Å². The third-order valence-corrected chi connectivity index (χ3v) is 11.8. The molecule has 4 nitrogen and oxygen atoms in total. The maximum atomic E-state index is 12.7. The van der Waals surface area contributed by atoms with Gasteiger partial charge in [-0.2, -0.15) is 0 Å². The predicted octanol–water partition coefficient (Wildman–Crippen LogP) is 8.85. The molecule has 2 aliphatic heterocycles. The molecule has 0 aliphatic carbocycles. The lowest BCUT2D eigenvalue weighted by molar-refractivity contribution is -0.124. The Bertz CT molecular complexity index is 1320. The number of hydrogen-bond donors (Lipinski definition) is 2. The van der Waals surface area contributed by atoms with Gasteiger partial charge in [-0.15, -0.1) is 48.8 Å². The van der Waals surface area contributed by atoms with Crippen LogP contribution < -0.4 is 0 Å². The highest BCUT2D eigenvalue weighted by Crippen LogP contribution is 2.38. The molecule has 4 rings (SSSR count). The van der Waals surface area contributed by atoms with Crippen LogP contribution >= 0.6 is 73.2 Å². The molecule has 2 aliphatic rings. The number of hydrogen-bond acceptors (Lipinski definition) is 8. The molecule has 2 aromatic rings. The number of ketones is 2. The summed E-state index contributed by atoms with van der Waals surface area (Å²) in [6.45, 7) is 10.1. The molecule has 0 atom stereocenters. The highest BCUT2D eigenvalue weighted by atomic mass is 32.2. The molecule has 10 heteroatoms. The second-order valence-electron chi connectivity index (χ2n) is 12.6. The van der Waals surface area contributed by atoms with Crippen molar-refractivity contribution in [3.8, 4) is 0 Å². The monoisotopic (exact) mass is 652 g/mol. The quantitative estimate of drug-likeness (QED) is 0.167. The molecule has 218 valence electrons. The second-order valence-corrected chi connectivity index (χ2v) is 16.5. The number of rotatable bonds is 13. The number of pyridine rings is 2. The topological polar surface area (TPSA) is 44.0 Å². The lowest BCUT2D eigenvalue weighted by atomic mass is 9.85. The van der Waals surface area contributed by atoms with Crippen LogP contribution in [0.4, 0.5) is 0 Å². The maximum Gasteiger partial charge on any atom is 0.133 e. The van der Waals surface area contributed by atoms with E-state index in [2.05, 4.69) is 49.0 Å². The lowest BCUT2D eigenvalue weighted by Crippen LogP contribution is -2.23. The summed E-state index contributed by atoms with van der Waals surface area (Å²) in [5.74, 6) is 2.47. The summed E-state index contributed by atoms with van der Waals surface area (Å²) in [5.41, 5.74) is 2.36. The first-order chi connectivity index (χ1) is 18.8. The van der Waals surface area contributed by atoms with Gasteiger partial charge in [0.15, 0.2) is 0 Å². The van der Waals surface area contributed by atoms with Crippen molar-refractivity contribution < 1.29 is 9.59 Å². The number of carbonyl (C=O) groups is 2. The summed E-state index contributed by atoms with van der Waals surface area (Å²) in [4.78, 5) is 28.0. The van der Waals surface area contributed by atoms with Crippen molar-refractivity contribution in [2.24, 2.45) is 10.8 Å². The molecular formula is C30H40N2O2S6. The van der Waals surface area contributed by atoms with Gasteiger partial charge in [-0.3, -0.25) is 9.59 Å². The first kappa shape index (κ1) is 32.4. The van der Waals surface area contributed by atoms with Gasteiger partial charge < -0.3 is 9.13 Å². The van der Waals surface area contributed by atoms with Gasteiger partial charge in [0.2, 0.25) is 0 Å².